The summed E-state index contributed by atoms with van der Waals surface area (Å²) in [6, 6.07) is 17.2. The highest BCUT2D eigenvalue weighted by molar-refractivity contribution is 6.31. The number of rotatable bonds is 7. The van der Waals surface area contributed by atoms with E-state index in [2.05, 4.69) is 27.2 Å². The van der Waals surface area contributed by atoms with E-state index in [1.54, 1.807) is 31.4 Å². The van der Waals surface area contributed by atoms with Gasteiger partial charge in [0, 0.05) is 23.2 Å². The van der Waals surface area contributed by atoms with Crippen LogP contribution >= 0.6 is 11.6 Å². The lowest BCUT2D eigenvalue weighted by Gasteiger charge is -2.13. The van der Waals surface area contributed by atoms with Gasteiger partial charge in [-0.3, -0.25) is 0 Å². The van der Waals surface area contributed by atoms with Crippen molar-refractivity contribution in [3.05, 3.63) is 72.3 Å². The van der Waals surface area contributed by atoms with Gasteiger partial charge in [0.1, 0.15) is 11.6 Å². The van der Waals surface area contributed by atoms with Crippen LogP contribution in [0.3, 0.4) is 0 Å². The molecule has 0 saturated carbocycles. The van der Waals surface area contributed by atoms with Crippen LogP contribution in [0.4, 0.5) is 17.5 Å². The van der Waals surface area contributed by atoms with Crippen LogP contribution in [-0.4, -0.2) is 23.6 Å². The summed E-state index contributed by atoms with van der Waals surface area (Å²) < 4.78 is 5.38. The van der Waals surface area contributed by atoms with Crippen LogP contribution in [-0.2, 0) is 0 Å². The molecule has 6 heteroatoms. The highest BCUT2D eigenvalue weighted by Crippen LogP contribution is 2.30. The zero-order valence-corrected chi connectivity index (χ0v) is 15.1. The molecule has 0 saturated heterocycles. The molecule has 0 fully saturated rings. The monoisotopic (exact) mass is 366 g/mol. The van der Waals surface area contributed by atoms with Gasteiger partial charge in [-0.2, -0.15) is 4.98 Å². The average molecular weight is 367 g/mol. The topological polar surface area (TPSA) is 59.1 Å². The van der Waals surface area contributed by atoms with E-state index in [1.807, 2.05) is 36.4 Å². The summed E-state index contributed by atoms with van der Waals surface area (Å²) in [5.41, 5.74) is 2.49. The molecule has 5 nitrogen and oxygen atoms in total. The Balaban J connectivity index is 2.00. The summed E-state index contributed by atoms with van der Waals surface area (Å²) in [4.78, 5) is 9.14. The predicted molar refractivity (Wildman–Crippen MR) is 107 cm³/mol. The van der Waals surface area contributed by atoms with Gasteiger partial charge in [-0.25, -0.2) is 4.98 Å². The fourth-order valence-corrected chi connectivity index (χ4v) is 2.60. The van der Waals surface area contributed by atoms with Gasteiger partial charge in [0.25, 0.3) is 0 Å². The van der Waals surface area contributed by atoms with Gasteiger partial charge in [0.05, 0.1) is 18.5 Å². The molecule has 1 aromatic heterocycles. The summed E-state index contributed by atoms with van der Waals surface area (Å²) in [7, 11) is 1.60. The molecule has 0 radical (unpaired) electrons. The molecule has 0 aliphatic rings. The fraction of sp³-hybridized carbons (Fsp3) is 0.100. The largest absolute Gasteiger partial charge is 0.495 e. The first kappa shape index (κ1) is 17.8. The normalized spacial score (nSPS) is 10.2. The molecule has 0 amide bonds. The Bertz CT molecular complexity index is 900. The lowest BCUT2D eigenvalue weighted by molar-refractivity contribution is 0.417. The standard InChI is InChI=1S/C20H19ClN4O/c1-3-11-22-19-13-16(14-7-5-4-6-8-14)23-20(25-19)24-17-12-15(21)9-10-18(17)26-2/h3-10,12-13H,1,11H2,2H3,(H2,22,23,24,25). The van der Waals surface area contributed by atoms with Crippen molar-refractivity contribution in [3.8, 4) is 17.0 Å². The summed E-state index contributed by atoms with van der Waals surface area (Å²) in [5.74, 6) is 1.80. The van der Waals surface area contributed by atoms with Gasteiger partial charge in [-0.1, -0.05) is 48.0 Å². The van der Waals surface area contributed by atoms with Crippen LogP contribution in [0, 0.1) is 0 Å². The lowest BCUT2D eigenvalue weighted by atomic mass is 10.1. The number of nitrogens with zero attached hydrogens (tertiary/aromatic N) is 2. The van der Waals surface area contributed by atoms with Crippen LogP contribution < -0.4 is 15.4 Å². The van der Waals surface area contributed by atoms with Crippen LogP contribution in [0.5, 0.6) is 5.75 Å². The smallest absolute Gasteiger partial charge is 0.229 e. The third-order valence-corrected chi connectivity index (χ3v) is 3.87. The van der Waals surface area contributed by atoms with E-state index in [-0.39, 0.29) is 0 Å². The first-order valence-electron chi connectivity index (χ1n) is 8.09. The minimum Gasteiger partial charge on any atom is -0.495 e. The molecule has 2 aromatic carbocycles. The maximum atomic E-state index is 6.11. The zero-order chi connectivity index (χ0) is 18.4. The van der Waals surface area contributed by atoms with Gasteiger partial charge in [-0.15, -0.1) is 6.58 Å². The minimum absolute atomic E-state index is 0.443. The molecular formula is C20H19ClN4O. The summed E-state index contributed by atoms with van der Waals surface area (Å²) in [6.07, 6.45) is 1.78. The van der Waals surface area contributed by atoms with Gasteiger partial charge < -0.3 is 15.4 Å². The van der Waals surface area contributed by atoms with Crippen LogP contribution in [0.1, 0.15) is 0 Å². The number of hydrogen-bond acceptors (Lipinski definition) is 5. The molecule has 132 valence electrons. The van der Waals surface area contributed by atoms with Gasteiger partial charge in [0.15, 0.2) is 0 Å². The van der Waals surface area contributed by atoms with Crippen molar-refractivity contribution in [3.63, 3.8) is 0 Å². The van der Waals surface area contributed by atoms with Crippen LogP contribution in [0.2, 0.25) is 5.02 Å². The van der Waals surface area contributed by atoms with Crippen molar-refractivity contribution < 1.29 is 4.74 Å². The predicted octanol–water partition coefficient (Wildman–Crippen LogP) is 5.15. The molecule has 0 bridgehead atoms. The Morgan fingerprint density at radius 2 is 1.92 bits per heavy atom. The highest BCUT2D eigenvalue weighted by atomic mass is 35.5. The number of anilines is 3. The van der Waals surface area contributed by atoms with Crippen LogP contribution in [0.25, 0.3) is 11.3 Å². The third kappa shape index (κ3) is 4.32. The molecule has 0 spiro atoms. The van der Waals surface area contributed by atoms with E-state index in [0.717, 1.165) is 11.3 Å². The highest BCUT2D eigenvalue weighted by Gasteiger charge is 2.10. The van der Waals surface area contributed by atoms with Gasteiger partial charge in [-0.05, 0) is 18.2 Å². The Morgan fingerprint density at radius 1 is 1.12 bits per heavy atom. The van der Waals surface area contributed by atoms with Crippen molar-refractivity contribution in [2.45, 2.75) is 0 Å². The summed E-state index contributed by atoms with van der Waals surface area (Å²) in [5, 5.41) is 6.99. The molecule has 26 heavy (non-hydrogen) atoms. The van der Waals surface area contributed by atoms with Crippen molar-refractivity contribution in [1.82, 2.24) is 9.97 Å². The van der Waals surface area contributed by atoms with Crippen molar-refractivity contribution in [2.24, 2.45) is 0 Å². The Labute approximate surface area is 157 Å². The van der Waals surface area contributed by atoms with Crippen molar-refractivity contribution >= 4 is 29.1 Å². The van der Waals surface area contributed by atoms with E-state index >= 15 is 0 Å². The van der Waals surface area contributed by atoms with E-state index in [9.17, 15) is 0 Å². The molecule has 3 rings (SSSR count). The Hall–Kier alpha value is -3.05. The maximum absolute atomic E-state index is 6.11. The van der Waals surface area contributed by atoms with Crippen molar-refractivity contribution in [2.75, 3.05) is 24.3 Å². The molecule has 0 unspecified atom stereocenters. The number of methoxy groups -OCH3 is 1. The number of halogens is 1. The zero-order valence-electron chi connectivity index (χ0n) is 14.4. The second kappa shape index (κ2) is 8.36. The number of nitrogens with one attached hydrogen (secondary N) is 2. The van der Waals surface area contributed by atoms with E-state index in [1.165, 1.54) is 0 Å². The molecule has 0 aliphatic carbocycles. The van der Waals surface area contributed by atoms with Crippen molar-refractivity contribution in [1.29, 1.82) is 0 Å². The molecule has 1 heterocycles. The fourth-order valence-electron chi connectivity index (χ4n) is 2.43. The second-order valence-electron chi connectivity index (χ2n) is 5.47. The maximum Gasteiger partial charge on any atom is 0.229 e. The SMILES string of the molecule is C=CCNc1cc(-c2ccccc2)nc(Nc2cc(Cl)ccc2OC)n1. The van der Waals surface area contributed by atoms with Gasteiger partial charge in [0.2, 0.25) is 5.95 Å². The lowest BCUT2D eigenvalue weighted by Crippen LogP contribution is -2.06. The minimum atomic E-state index is 0.443. The molecule has 0 aliphatic heterocycles. The van der Waals surface area contributed by atoms with Crippen LogP contribution in [0.15, 0.2) is 67.3 Å². The number of ether oxygens (including phenoxy) is 1. The second-order valence-corrected chi connectivity index (χ2v) is 5.90. The van der Waals surface area contributed by atoms with E-state index in [0.29, 0.717) is 34.8 Å². The van der Waals surface area contributed by atoms with E-state index in [4.69, 9.17) is 16.3 Å². The molecule has 2 N–H and O–H groups in total. The third-order valence-electron chi connectivity index (χ3n) is 3.63. The quantitative estimate of drug-likeness (QED) is 0.566. The number of hydrogen-bond donors (Lipinski definition) is 2. The molecule has 0 atom stereocenters. The first-order chi connectivity index (χ1) is 12.7. The average Bonchev–Trinajstić information content (AvgIpc) is 2.67. The van der Waals surface area contributed by atoms with E-state index < -0.39 is 0 Å². The number of aromatic nitrogens is 2. The number of benzene rings is 2. The molecule has 3 aromatic rings. The Morgan fingerprint density at radius 3 is 2.65 bits per heavy atom. The first-order valence-corrected chi connectivity index (χ1v) is 8.47. The Kier molecular flexibility index (Phi) is 5.71. The summed E-state index contributed by atoms with van der Waals surface area (Å²) in [6.45, 7) is 4.33. The summed E-state index contributed by atoms with van der Waals surface area (Å²) >= 11 is 6.11. The van der Waals surface area contributed by atoms with Gasteiger partial charge >= 0.3 is 0 Å². The molecular weight excluding hydrogens is 348 g/mol.